The van der Waals surface area contributed by atoms with Crippen molar-refractivity contribution in [1.29, 1.82) is 5.26 Å². The lowest BCUT2D eigenvalue weighted by atomic mass is 10.2. The molecule has 2 aromatic rings. The molecule has 2 rings (SSSR count). The predicted octanol–water partition coefficient (Wildman–Crippen LogP) is 2.26. The molecule has 0 radical (unpaired) electrons. The van der Waals surface area contributed by atoms with Crippen molar-refractivity contribution in [3.63, 3.8) is 0 Å². The Balaban J connectivity index is 2.58. The van der Waals surface area contributed by atoms with Gasteiger partial charge in [-0.05, 0) is 12.1 Å². The van der Waals surface area contributed by atoms with Crippen molar-refractivity contribution in [1.82, 2.24) is 4.57 Å². The molecular formula is C13H10N2O2. The van der Waals surface area contributed by atoms with Gasteiger partial charge >= 0.3 is 5.97 Å². The van der Waals surface area contributed by atoms with Crippen LogP contribution in [-0.4, -0.2) is 15.6 Å². The van der Waals surface area contributed by atoms with Gasteiger partial charge in [0.15, 0.2) is 0 Å². The van der Waals surface area contributed by atoms with E-state index in [1.165, 1.54) is 6.08 Å². The first-order valence-electron chi connectivity index (χ1n) is 5.08. The number of aliphatic carboxylic acids is 1. The lowest BCUT2D eigenvalue weighted by molar-refractivity contribution is -0.137. The maximum absolute atomic E-state index is 10.7. The zero-order valence-corrected chi connectivity index (χ0v) is 9.00. The second-order valence-electron chi connectivity index (χ2n) is 3.59. The van der Waals surface area contributed by atoms with Crippen LogP contribution in [0.1, 0.15) is 5.56 Å². The van der Waals surface area contributed by atoms with E-state index in [-0.39, 0.29) is 6.54 Å². The maximum Gasteiger partial charge on any atom is 0.323 e. The summed E-state index contributed by atoms with van der Waals surface area (Å²) in [6.07, 6.45) is 4.81. The van der Waals surface area contributed by atoms with Gasteiger partial charge < -0.3 is 9.67 Å². The molecule has 1 heterocycles. The molecule has 0 aliphatic carbocycles. The van der Waals surface area contributed by atoms with Crippen molar-refractivity contribution in [2.24, 2.45) is 0 Å². The molecule has 0 unspecified atom stereocenters. The van der Waals surface area contributed by atoms with Crippen LogP contribution < -0.4 is 0 Å². The third-order valence-electron chi connectivity index (χ3n) is 2.46. The van der Waals surface area contributed by atoms with Crippen LogP contribution in [0, 0.1) is 11.3 Å². The van der Waals surface area contributed by atoms with E-state index in [1.807, 2.05) is 30.3 Å². The Morgan fingerprint density at radius 2 is 2.24 bits per heavy atom. The second-order valence-corrected chi connectivity index (χ2v) is 3.59. The largest absolute Gasteiger partial charge is 0.480 e. The zero-order chi connectivity index (χ0) is 12.3. The number of carbonyl (C=O) groups is 1. The van der Waals surface area contributed by atoms with E-state index in [9.17, 15) is 4.79 Å². The molecule has 17 heavy (non-hydrogen) atoms. The monoisotopic (exact) mass is 226 g/mol. The molecule has 0 aliphatic heterocycles. The van der Waals surface area contributed by atoms with Gasteiger partial charge in [0.25, 0.3) is 0 Å². The Morgan fingerprint density at radius 3 is 2.94 bits per heavy atom. The van der Waals surface area contributed by atoms with E-state index in [0.29, 0.717) is 0 Å². The molecular weight excluding hydrogens is 216 g/mol. The van der Waals surface area contributed by atoms with E-state index in [4.69, 9.17) is 10.4 Å². The Hall–Kier alpha value is -2.54. The maximum atomic E-state index is 10.7. The Bertz CT molecular complexity index is 632. The van der Waals surface area contributed by atoms with Gasteiger partial charge in [-0.15, -0.1) is 0 Å². The van der Waals surface area contributed by atoms with Crippen LogP contribution in [0.5, 0.6) is 0 Å². The topological polar surface area (TPSA) is 66.0 Å². The van der Waals surface area contributed by atoms with Gasteiger partial charge in [0, 0.05) is 28.7 Å². The summed E-state index contributed by atoms with van der Waals surface area (Å²) in [7, 11) is 0. The molecule has 0 atom stereocenters. The van der Waals surface area contributed by atoms with E-state index < -0.39 is 5.97 Å². The van der Waals surface area contributed by atoms with Crippen LogP contribution in [0.15, 0.2) is 36.5 Å². The highest BCUT2D eigenvalue weighted by molar-refractivity contribution is 5.90. The van der Waals surface area contributed by atoms with Gasteiger partial charge in [-0.2, -0.15) is 5.26 Å². The zero-order valence-electron chi connectivity index (χ0n) is 9.00. The summed E-state index contributed by atoms with van der Waals surface area (Å²) in [4.78, 5) is 10.7. The molecule has 0 saturated carbocycles. The van der Waals surface area contributed by atoms with Crippen LogP contribution in [0.25, 0.3) is 17.0 Å². The number of hydrogen-bond acceptors (Lipinski definition) is 2. The lowest BCUT2D eigenvalue weighted by Gasteiger charge is -1.99. The molecule has 0 spiro atoms. The quantitative estimate of drug-likeness (QED) is 0.816. The Morgan fingerprint density at radius 1 is 1.47 bits per heavy atom. The number of carboxylic acid groups (broad SMARTS) is 1. The Kier molecular flexibility index (Phi) is 2.93. The second kappa shape index (κ2) is 4.54. The normalized spacial score (nSPS) is 10.8. The molecule has 0 amide bonds. The third kappa shape index (κ3) is 2.18. The van der Waals surface area contributed by atoms with Crippen LogP contribution in [-0.2, 0) is 11.3 Å². The van der Waals surface area contributed by atoms with Gasteiger partial charge in [0.2, 0.25) is 0 Å². The molecule has 0 saturated heterocycles. The van der Waals surface area contributed by atoms with E-state index in [0.717, 1.165) is 16.5 Å². The van der Waals surface area contributed by atoms with Gasteiger partial charge in [-0.1, -0.05) is 18.2 Å². The standard InChI is InChI=1S/C13H10N2O2/c14-7-3-4-10-8-15(9-13(16)17)12-6-2-1-5-11(10)12/h1-6,8H,9H2,(H,16,17). The van der Waals surface area contributed by atoms with Crippen molar-refractivity contribution in [3.05, 3.63) is 42.1 Å². The molecule has 1 aromatic carbocycles. The molecule has 4 nitrogen and oxygen atoms in total. The molecule has 0 aliphatic rings. The van der Waals surface area contributed by atoms with Crippen LogP contribution in [0.2, 0.25) is 0 Å². The molecule has 84 valence electrons. The van der Waals surface area contributed by atoms with Gasteiger partial charge in [-0.25, -0.2) is 0 Å². The van der Waals surface area contributed by atoms with Gasteiger partial charge in [0.05, 0.1) is 6.07 Å². The van der Waals surface area contributed by atoms with Crippen LogP contribution in [0.3, 0.4) is 0 Å². The summed E-state index contributed by atoms with van der Waals surface area (Å²) in [5.74, 6) is -0.887. The summed E-state index contributed by atoms with van der Waals surface area (Å²) >= 11 is 0. The molecule has 0 bridgehead atoms. The van der Waals surface area contributed by atoms with Crippen molar-refractivity contribution in [2.45, 2.75) is 6.54 Å². The minimum atomic E-state index is -0.887. The number of nitriles is 1. The van der Waals surface area contributed by atoms with Crippen molar-refractivity contribution >= 4 is 22.9 Å². The number of nitrogens with zero attached hydrogens (tertiary/aromatic N) is 2. The summed E-state index contributed by atoms with van der Waals surface area (Å²) in [5, 5.41) is 18.3. The summed E-state index contributed by atoms with van der Waals surface area (Å²) in [6.45, 7) is -0.0824. The molecule has 1 N–H and O–H groups in total. The molecule has 4 heteroatoms. The average Bonchev–Trinajstić information content (AvgIpc) is 2.65. The molecule has 1 aromatic heterocycles. The number of hydrogen-bond donors (Lipinski definition) is 1. The number of fused-ring (bicyclic) bond motifs is 1. The molecule has 0 fully saturated rings. The number of allylic oxidation sites excluding steroid dienone is 1. The van der Waals surface area contributed by atoms with E-state index in [2.05, 4.69) is 0 Å². The first kappa shape index (κ1) is 11.0. The minimum absolute atomic E-state index is 0.0824. The van der Waals surface area contributed by atoms with Crippen molar-refractivity contribution < 1.29 is 9.90 Å². The minimum Gasteiger partial charge on any atom is -0.480 e. The fourth-order valence-electron chi connectivity index (χ4n) is 1.81. The highest BCUT2D eigenvalue weighted by atomic mass is 16.4. The van der Waals surface area contributed by atoms with Crippen molar-refractivity contribution in [2.75, 3.05) is 0 Å². The summed E-state index contributed by atoms with van der Waals surface area (Å²) < 4.78 is 1.66. The lowest BCUT2D eigenvalue weighted by Crippen LogP contribution is -2.07. The number of benzene rings is 1. The number of para-hydroxylation sites is 1. The predicted molar refractivity (Wildman–Crippen MR) is 64.2 cm³/mol. The first-order valence-corrected chi connectivity index (χ1v) is 5.08. The fourth-order valence-corrected chi connectivity index (χ4v) is 1.81. The fraction of sp³-hybridized carbons (Fsp3) is 0.0769. The third-order valence-corrected chi connectivity index (χ3v) is 2.46. The number of aromatic nitrogens is 1. The number of rotatable bonds is 3. The average molecular weight is 226 g/mol. The Labute approximate surface area is 98.0 Å². The number of carboxylic acids is 1. The summed E-state index contributed by atoms with van der Waals surface area (Å²) in [5.41, 5.74) is 1.70. The van der Waals surface area contributed by atoms with Crippen LogP contribution in [0.4, 0.5) is 0 Å². The van der Waals surface area contributed by atoms with Crippen LogP contribution >= 0.6 is 0 Å². The van der Waals surface area contributed by atoms with Gasteiger partial charge in [-0.3, -0.25) is 4.79 Å². The summed E-state index contributed by atoms with van der Waals surface area (Å²) in [6, 6.07) is 9.44. The smallest absolute Gasteiger partial charge is 0.323 e. The highest BCUT2D eigenvalue weighted by Crippen LogP contribution is 2.22. The SMILES string of the molecule is N#CC=Cc1cn(CC(=O)O)c2ccccc12. The van der Waals surface area contributed by atoms with E-state index >= 15 is 0 Å². The highest BCUT2D eigenvalue weighted by Gasteiger charge is 2.07. The van der Waals surface area contributed by atoms with Crippen molar-refractivity contribution in [3.8, 4) is 6.07 Å². The first-order chi connectivity index (χ1) is 8.22. The van der Waals surface area contributed by atoms with Gasteiger partial charge in [0.1, 0.15) is 6.54 Å². The van der Waals surface area contributed by atoms with E-state index in [1.54, 1.807) is 16.8 Å².